The average Bonchev–Trinajstić information content (AvgIpc) is 2.41. The van der Waals surface area contributed by atoms with Gasteiger partial charge < -0.3 is 9.64 Å². The minimum Gasteiger partial charge on any atom is -0.497 e. The minimum atomic E-state index is 0.0666. The third-order valence-electron chi connectivity index (χ3n) is 2.52. The van der Waals surface area contributed by atoms with Gasteiger partial charge in [0.2, 0.25) is 5.28 Å². The topological polar surface area (TPSA) is 51.1 Å². The molecule has 1 heterocycles. The molecule has 0 atom stereocenters. The van der Waals surface area contributed by atoms with Crippen LogP contribution in [0.15, 0.2) is 24.3 Å². The maximum atomic E-state index is 5.95. The van der Waals surface area contributed by atoms with Gasteiger partial charge in [-0.1, -0.05) is 23.7 Å². The molecule has 1 aromatic carbocycles. The minimum absolute atomic E-state index is 0.0666. The number of methoxy groups -OCH3 is 1. The van der Waals surface area contributed by atoms with E-state index in [2.05, 4.69) is 15.2 Å². The van der Waals surface area contributed by atoms with Crippen LogP contribution in [-0.4, -0.2) is 29.3 Å². The number of benzene rings is 1. The second-order valence-corrected chi connectivity index (χ2v) is 4.60. The van der Waals surface area contributed by atoms with Crippen molar-refractivity contribution in [3.05, 3.63) is 40.3 Å². The van der Waals surface area contributed by atoms with E-state index in [0.29, 0.717) is 12.4 Å². The van der Waals surface area contributed by atoms with E-state index in [-0.39, 0.29) is 10.4 Å². The second-order valence-electron chi connectivity index (χ2n) is 3.90. The summed E-state index contributed by atoms with van der Waals surface area (Å²) in [4.78, 5) is 5.91. The summed E-state index contributed by atoms with van der Waals surface area (Å²) in [5.74, 6) is 1.29. The molecule has 0 bridgehead atoms. The van der Waals surface area contributed by atoms with Crippen LogP contribution in [-0.2, 0) is 6.54 Å². The van der Waals surface area contributed by atoms with Gasteiger partial charge in [-0.15, -0.1) is 10.2 Å². The fourth-order valence-corrected chi connectivity index (χ4v) is 1.99. The standard InChI is InChI=1S/C12H12Cl2N4O/c1-18(11-10(13)16-17-12(14)15-11)7-8-4-3-5-9(6-8)19-2/h3-6H,7H2,1-2H3. The Bertz CT molecular complexity index is 579. The molecule has 0 aliphatic heterocycles. The quantitative estimate of drug-likeness (QED) is 0.869. The van der Waals surface area contributed by atoms with Crippen LogP contribution in [0.25, 0.3) is 0 Å². The van der Waals surface area contributed by atoms with Gasteiger partial charge in [-0.25, -0.2) is 0 Å². The summed E-state index contributed by atoms with van der Waals surface area (Å²) in [6, 6.07) is 7.75. The molecule has 1 aromatic heterocycles. The number of ether oxygens (including phenoxy) is 1. The largest absolute Gasteiger partial charge is 0.497 e. The van der Waals surface area contributed by atoms with Crippen LogP contribution >= 0.6 is 23.2 Å². The highest BCUT2D eigenvalue weighted by atomic mass is 35.5. The Hall–Kier alpha value is -1.59. The highest BCUT2D eigenvalue weighted by Crippen LogP contribution is 2.22. The first kappa shape index (κ1) is 13.8. The fraction of sp³-hybridized carbons (Fsp3) is 0.250. The van der Waals surface area contributed by atoms with Crippen molar-refractivity contribution in [1.29, 1.82) is 0 Å². The fourth-order valence-electron chi connectivity index (χ4n) is 1.65. The van der Waals surface area contributed by atoms with Crippen molar-refractivity contribution < 1.29 is 4.74 Å². The van der Waals surface area contributed by atoms with Crippen LogP contribution in [0.4, 0.5) is 5.82 Å². The molecule has 0 saturated carbocycles. The van der Waals surface area contributed by atoms with Crippen LogP contribution in [0.1, 0.15) is 5.56 Å². The van der Waals surface area contributed by atoms with Gasteiger partial charge >= 0.3 is 0 Å². The highest BCUT2D eigenvalue weighted by Gasteiger charge is 2.11. The number of hydrogen-bond donors (Lipinski definition) is 0. The molecule has 0 spiro atoms. The molecule has 0 amide bonds. The third-order valence-corrected chi connectivity index (χ3v) is 2.92. The normalized spacial score (nSPS) is 10.3. The molecule has 0 radical (unpaired) electrons. The van der Waals surface area contributed by atoms with Crippen molar-refractivity contribution in [2.75, 3.05) is 19.1 Å². The van der Waals surface area contributed by atoms with Gasteiger partial charge in [0.1, 0.15) is 5.75 Å². The van der Waals surface area contributed by atoms with E-state index in [9.17, 15) is 0 Å². The molecule has 100 valence electrons. The Morgan fingerprint density at radius 2 is 2.05 bits per heavy atom. The van der Waals surface area contributed by atoms with Gasteiger partial charge in [0, 0.05) is 13.6 Å². The average molecular weight is 299 g/mol. The van der Waals surface area contributed by atoms with Gasteiger partial charge in [-0.05, 0) is 29.3 Å². The van der Waals surface area contributed by atoms with Crippen LogP contribution < -0.4 is 9.64 Å². The van der Waals surface area contributed by atoms with E-state index in [1.54, 1.807) is 7.11 Å². The summed E-state index contributed by atoms with van der Waals surface area (Å²) in [5.41, 5.74) is 1.06. The number of rotatable bonds is 4. The highest BCUT2D eigenvalue weighted by molar-refractivity contribution is 6.32. The van der Waals surface area contributed by atoms with Crippen LogP contribution in [0.2, 0.25) is 10.4 Å². The first-order chi connectivity index (χ1) is 9.10. The SMILES string of the molecule is COc1cccc(CN(C)c2nc(Cl)nnc2Cl)c1. The first-order valence-corrected chi connectivity index (χ1v) is 6.25. The summed E-state index contributed by atoms with van der Waals surface area (Å²) in [6.45, 7) is 0.603. The first-order valence-electron chi connectivity index (χ1n) is 5.50. The van der Waals surface area contributed by atoms with Crippen molar-refractivity contribution in [2.45, 2.75) is 6.54 Å². The molecule has 0 unspecified atom stereocenters. The number of anilines is 1. The van der Waals surface area contributed by atoms with E-state index in [0.717, 1.165) is 11.3 Å². The van der Waals surface area contributed by atoms with Crippen molar-refractivity contribution in [2.24, 2.45) is 0 Å². The van der Waals surface area contributed by atoms with E-state index in [4.69, 9.17) is 27.9 Å². The summed E-state index contributed by atoms with van der Waals surface area (Å²) in [6.07, 6.45) is 0. The molecule has 0 N–H and O–H groups in total. The molecular formula is C12H12Cl2N4O. The van der Waals surface area contributed by atoms with Crippen LogP contribution in [0.3, 0.4) is 0 Å². The lowest BCUT2D eigenvalue weighted by Gasteiger charge is -2.18. The van der Waals surface area contributed by atoms with E-state index in [1.165, 1.54) is 0 Å². The zero-order chi connectivity index (χ0) is 13.8. The van der Waals surface area contributed by atoms with E-state index >= 15 is 0 Å². The Morgan fingerprint density at radius 3 is 2.79 bits per heavy atom. The molecule has 0 aliphatic carbocycles. The third kappa shape index (κ3) is 3.45. The number of nitrogens with zero attached hydrogens (tertiary/aromatic N) is 4. The van der Waals surface area contributed by atoms with Gasteiger partial charge in [-0.3, -0.25) is 0 Å². The number of aromatic nitrogens is 3. The van der Waals surface area contributed by atoms with E-state index < -0.39 is 0 Å². The van der Waals surface area contributed by atoms with Gasteiger partial charge in [0.25, 0.3) is 0 Å². The van der Waals surface area contributed by atoms with Crippen molar-refractivity contribution in [3.63, 3.8) is 0 Å². The summed E-state index contributed by atoms with van der Waals surface area (Å²) >= 11 is 11.7. The lowest BCUT2D eigenvalue weighted by atomic mass is 10.2. The maximum Gasteiger partial charge on any atom is 0.245 e. The van der Waals surface area contributed by atoms with Gasteiger partial charge in [0.15, 0.2) is 11.0 Å². The maximum absolute atomic E-state index is 5.95. The predicted molar refractivity (Wildman–Crippen MR) is 74.9 cm³/mol. The molecular weight excluding hydrogens is 287 g/mol. The van der Waals surface area contributed by atoms with Crippen LogP contribution in [0, 0.1) is 0 Å². The smallest absolute Gasteiger partial charge is 0.245 e. The monoisotopic (exact) mass is 298 g/mol. The second kappa shape index (κ2) is 6.04. The van der Waals surface area contributed by atoms with Crippen LogP contribution in [0.5, 0.6) is 5.75 Å². The zero-order valence-corrected chi connectivity index (χ0v) is 12.0. The van der Waals surface area contributed by atoms with E-state index in [1.807, 2.05) is 36.2 Å². The summed E-state index contributed by atoms with van der Waals surface area (Å²) in [7, 11) is 3.49. The Kier molecular flexibility index (Phi) is 4.39. The number of hydrogen-bond acceptors (Lipinski definition) is 5. The van der Waals surface area contributed by atoms with Crippen molar-refractivity contribution >= 4 is 29.0 Å². The summed E-state index contributed by atoms with van der Waals surface area (Å²) < 4.78 is 5.18. The Labute approximate surface area is 121 Å². The molecule has 19 heavy (non-hydrogen) atoms. The molecule has 5 nitrogen and oxygen atoms in total. The zero-order valence-electron chi connectivity index (χ0n) is 10.5. The predicted octanol–water partition coefficient (Wildman–Crippen LogP) is 2.82. The van der Waals surface area contributed by atoms with Gasteiger partial charge in [0.05, 0.1) is 7.11 Å². The Morgan fingerprint density at radius 1 is 1.26 bits per heavy atom. The molecule has 0 saturated heterocycles. The number of halogens is 2. The molecule has 0 fully saturated rings. The summed E-state index contributed by atoms with van der Waals surface area (Å²) in [5, 5.41) is 7.60. The molecule has 2 aromatic rings. The molecule has 2 rings (SSSR count). The Balaban J connectivity index is 2.20. The molecule has 0 aliphatic rings. The van der Waals surface area contributed by atoms with Crippen molar-refractivity contribution in [1.82, 2.24) is 15.2 Å². The lowest BCUT2D eigenvalue weighted by molar-refractivity contribution is 0.414. The molecule has 7 heteroatoms. The van der Waals surface area contributed by atoms with Gasteiger partial charge in [-0.2, -0.15) is 4.98 Å². The van der Waals surface area contributed by atoms with Crippen molar-refractivity contribution in [3.8, 4) is 5.75 Å². The lowest BCUT2D eigenvalue weighted by Crippen LogP contribution is -2.19.